The molecule has 5 heteroatoms. The van der Waals surface area contributed by atoms with Crippen LogP contribution in [0.5, 0.6) is 0 Å². The minimum Gasteiger partial charge on any atom is -0.361 e. The van der Waals surface area contributed by atoms with E-state index >= 15 is 0 Å². The zero-order valence-electron chi connectivity index (χ0n) is 15.5. The van der Waals surface area contributed by atoms with E-state index in [0.717, 1.165) is 22.0 Å². The highest BCUT2D eigenvalue weighted by Crippen LogP contribution is 2.33. The lowest BCUT2D eigenvalue weighted by Crippen LogP contribution is -2.36. The van der Waals surface area contributed by atoms with Crippen LogP contribution in [-0.2, 0) is 11.2 Å². The Morgan fingerprint density at radius 1 is 0.931 bits per heavy atom. The number of aromatic nitrogens is 1. The summed E-state index contributed by atoms with van der Waals surface area (Å²) < 4.78 is 14.6. The predicted molar refractivity (Wildman–Crippen MR) is 113 cm³/mol. The van der Waals surface area contributed by atoms with Crippen molar-refractivity contribution in [1.82, 2.24) is 4.98 Å². The molecule has 4 nitrogen and oxygen atoms in total. The Labute approximate surface area is 167 Å². The van der Waals surface area contributed by atoms with Gasteiger partial charge in [0.25, 0.3) is 5.91 Å². The Bertz CT molecular complexity index is 1240. The molecule has 0 aliphatic carbocycles. The Morgan fingerprint density at radius 3 is 2.52 bits per heavy atom. The summed E-state index contributed by atoms with van der Waals surface area (Å²) >= 11 is 0. The van der Waals surface area contributed by atoms with Crippen molar-refractivity contribution in [3.63, 3.8) is 0 Å². The van der Waals surface area contributed by atoms with E-state index in [2.05, 4.69) is 9.98 Å². The Balaban J connectivity index is 1.60. The molecule has 0 fully saturated rings. The van der Waals surface area contributed by atoms with Gasteiger partial charge in [-0.05, 0) is 29.8 Å². The van der Waals surface area contributed by atoms with Crippen LogP contribution in [0.15, 0.2) is 84.0 Å². The molecule has 1 aliphatic heterocycles. The van der Waals surface area contributed by atoms with Gasteiger partial charge in [0.1, 0.15) is 11.9 Å². The standard InChI is InChI=1S/C24H18FN3O/c25-19-9-3-6-12-23(19)28-22-11-5-1-7-16(22)14-27-21(24(28)29)13-17-15-26-20-10-4-2-8-18(17)20/h1-12,14-15,21,26H,13H2. The van der Waals surface area contributed by atoms with Crippen LogP contribution in [0, 0.1) is 5.82 Å². The number of amides is 1. The fourth-order valence-corrected chi connectivity index (χ4v) is 3.83. The molecule has 0 spiro atoms. The van der Waals surface area contributed by atoms with Gasteiger partial charge in [0.05, 0.1) is 11.4 Å². The molecular weight excluding hydrogens is 365 g/mol. The average molecular weight is 383 g/mol. The predicted octanol–water partition coefficient (Wildman–Crippen LogP) is 5.02. The molecule has 0 saturated carbocycles. The first-order valence-electron chi connectivity index (χ1n) is 9.48. The number of fused-ring (bicyclic) bond motifs is 2. The summed E-state index contributed by atoms with van der Waals surface area (Å²) in [5.41, 5.74) is 3.68. The van der Waals surface area contributed by atoms with Gasteiger partial charge in [-0.15, -0.1) is 0 Å². The molecule has 29 heavy (non-hydrogen) atoms. The third-order valence-corrected chi connectivity index (χ3v) is 5.26. The van der Waals surface area contributed by atoms with Crippen molar-refractivity contribution >= 4 is 34.4 Å². The molecule has 1 atom stereocenters. The lowest BCUT2D eigenvalue weighted by molar-refractivity contribution is -0.119. The number of carbonyl (C=O) groups is 1. The number of nitrogens with one attached hydrogen (secondary N) is 1. The number of nitrogens with zero attached hydrogens (tertiary/aromatic N) is 2. The van der Waals surface area contributed by atoms with E-state index in [9.17, 15) is 9.18 Å². The number of hydrogen-bond donors (Lipinski definition) is 1. The number of halogens is 1. The number of hydrogen-bond acceptors (Lipinski definition) is 2. The van der Waals surface area contributed by atoms with E-state index in [4.69, 9.17) is 0 Å². The number of benzodiazepines with no additional fused rings is 1. The topological polar surface area (TPSA) is 48.5 Å². The van der Waals surface area contributed by atoms with Crippen LogP contribution >= 0.6 is 0 Å². The van der Waals surface area contributed by atoms with Gasteiger partial charge in [0.15, 0.2) is 0 Å². The quantitative estimate of drug-likeness (QED) is 0.531. The highest BCUT2D eigenvalue weighted by atomic mass is 19.1. The SMILES string of the molecule is O=C1C(Cc2c[nH]c3ccccc23)N=Cc2ccccc2N1c1ccccc1F. The summed E-state index contributed by atoms with van der Waals surface area (Å²) in [4.78, 5) is 22.8. The van der Waals surface area contributed by atoms with Crippen molar-refractivity contribution in [2.75, 3.05) is 4.90 Å². The monoisotopic (exact) mass is 383 g/mol. The third-order valence-electron chi connectivity index (χ3n) is 5.26. The molecule has 3 aromatic carbocycles. The number of benzene rings is 3. The minimum atomic E-state index is -0.652. The number of rotatable bonds is 3. The maximum atomic E-state index is 14.6. The van der Waals surface area contributed by atoms with Crippen molar-refractivity contribution in [3.8, 4) is 0 Å². The molecule has 2 heterocycles. The van der Waals surface area contributed by atoms with Crippen LogP contribution in [-0.4, -0.2) is 23.1 Å². The fraction of sp³-hybridized carbons (Fsp3) is 0.0833. The number of carbonyl (C=O) groups excluding carboxylic acids is 1. The zero-order chi connectivity index (χ0) is 19.8. The Kier molecular flexibility index (Phi) is 4.21. The van der Waals surface area contributed by atoms with Crippen LogP contribution in [0.4, 0.5) is 15.8 Å². The molecule has 4 aromatic rings. The number of anilines is 2. The van der Waals surface area contributed by atoms with Gasteiger partial charge >= 0.3 is 0 Å². The lowest BCUT2D eigenvalue weighted by Gasteiger charge is -2.25. The first-order valence-corrected chi connectivity index (χ1v) is 9.48. The molecule has 1 aliphatic rings. The van der Waals surface area contributed by atoms with Crippen LogP contribution in [0.1, 0.15) is 11.1 Å². The van der Waals surface area contributed by atoms with Gasteiger partial charge < -0.3 is 4.98 Å². The van der Waals surface area contributed by atoms with Crippen LogP contribution in [0.2, 0.25) is 0 Å². The van der Waals surface area contributed by atoms with Crippen molar-refractivity contribution < 1.29 is 9.18 Å². The van der Waals surface area contributed by atoms with Crippen molar-refractivity contribution in [2.24, 2.45) is 4.99 Å². The maximum Gasteiger partial charge on any atom is 0.256 e. The highest BCUT2D eigenvalue weighted by molar-refractivity contribution is 6.10. The molecule has 5 rings (SSSR count). The minimum absolute atomic E-state index is 0.236. The molecule has 0 bridgehead atoms. The van der Waals surface area contributed by atoms with Gasteiger partial charge in [-0.25, -0.2) is 4.39 Å². The summed E-state index contributed by atoms with van der Waals surface area (Å²) in [7, 11) is 0. The van der Waals surface area contributed by atoms with E-state index in [1.807, 2.05) is 54.7 Å². The van der Waals surface area contributed by atoms with Gasteiger partial charge in [-0.3, -0.25) is 14.7 Å². The number of para-hydroxylation sites is 3. The van der Waals surface area contributed by atoms with E-state index in [0.29, 0.717) is 12.1 Å². The smallest absolute Gasteiger partial charge is 0.256 e. The summed E-state index contributed by atoms with van der Waals surface area (Å²) in [6.45, 7) is 0. The summed E-state index contributed by atoms with van der Waals surface area (Å²) in [6, 6.07) is 21.1. The second-order valence-corrected chi connectivity index (χ2v) is 7.04. The second-order valence-electron chi connectivity index (χ2n) is 7.04. The summed E-state index contributed by atoms with van der Waals surface area (Å²) in [5, 5.41) is 1.06. The molecular formula is C24H18FN3O. The fourth-order valence-electron chi connectivity index (χ4n) is 3.83. The largest absolute Gasteiger partial charge is 0.361 e. The van der Waals surface area contributed by atoms with E-state index in [1.54, 1.807) is 24.4 Å². The number of aliphatic imine (C=N–C) groups is 1. The molecule has 1 N–H and O–H groups in total. The van der Waals surface area contributed by atoms with Crippen LogP contribution in [0.25, 0.3) is 10.9 Å². The summed E-state index contributed by atoms with van der Waals surface area (Å²) in [5.74, 6) is -0.690. The molecule has 1 amide bonds. The first-order chi connectivity index (χ1) is 14.2. The lowest BCUT2D eigenvalue weighted by atomic mass is 10.0. The van der Waals surface area contributed by atoms with E-state index in [-0.39, 0.29) is 11.6 Å². The van der Waals surface area contributed by atoms with Gasteiger partial charge in [-0.2, -0.15) is 0 Å². The van der Waals surface area contributed by atoms with E-state index < -0.39 is 11.9 Å². The van der Waals surface area contributed by atoms with Gasteiger partial charge in [-0.1, -0.05) is 48.5 Å². The van der Waals surface area contributed by atoms with Gasteiger partial charge in [0, 0.05) is 35.3 Å². The molecule has 142 valence electrons. The van der Waals surface area contributed by atoms with Gasteiger partial charge in [0.2, 0.25) is 0 Å². The van der Waals surface area contributed by atoms with Crippen molar-refractivity contribution in [1.29, 1.82) is 0 Å². The first kappa shape index (κ1) is 17.4. The highest BCUT2D eigenvalue weighted by Gasteiger charge is 2.31. The summed E-state index contributed by atoms with van der Waals surface area (Å²) in [6.07, 6.45) is 4.06. The molecule has 1 unspecified atom stereocenters. The molecule has 0 saturated heterocycles. The third kappa shape index (κ3) is 3.01. The van der Waals surface area contributed by atoms with Crippen molar-refractivity contribution in [3.05, 3.63) is 95.9 Å². The molecule has 1 aromatic heterocycles. The normalized spacial score (nSPS) is 16.1. The van der Waals surface area contributed by atoms with E-state index in [1.165, 1.54) is 11.0 Å². The zero-order valence-corrected chi connectivity index (χ0v) is 15.5. The number of H-pyrrole nitrogens is 1. The average Bonchev–Trinajstić information content (AvgIpc) is 3.10. The maximum absolute atomic E-state index is 14.6. The Hall–Kier alpha value is -3.73. The number of aromatic amines is 1. The van der Waals surface area contributed by atoms with Crippen molar-refractivity contribution in [2.45, 2.75) is 12.5 Å². The Morgan fingerprint density at radius 2 is 1.66 bits per heavy atom. The van der Waals surface area contributed by atoms with Crippen LogP contribution in [0.3, 0.4) is 0 Å². The van der Waals surface area contributed by atoms with Crippen LogP contribution < -0.4 is 4.90 Å². The second kappa shape index (κ2) is 7.02. The molecule has 0 radical (unpaired) electrons.